The number of rotatable bonds is 6. The average molecular weight is 236 g/mol. The van der Waals surface area contributed by atoms with E-state index in [-0.39, 0.29) is 0 Å². The Hall–Kier alpha value is 2.10. The van der Waals surface area contributed by atoms with Crippen LogP contribution in [0.4, 0.5) is 0 Å². The molecule has 0 aromatic carbocycles. The minimum Gasteiger partial charge on any atom is -0.179 e. The number of thiol groups is 2. The van der Waals surface area contributed by atoms with Crippen LogP contribution in [0, 0.1) is 0 Å². The maximum Gasteiger partial charge on any atom is 0.00531 e. The highest BCUT2D eigenvalue weighted by Gasteiger charge is 1.88. The van der Waals surface area contributed by atoms with Crippen molar-refractivity contribution in [3.8, 4) is 0 Å². The van der Waals surface area contributed by atoms with Gasteiger partial charge in [-0.3, -0.25) is 0 Å². The normalized spacial score (nSPS) is 10.0. The minimum absolute atomic E-state index is 0.992. The summed E-state index contributed by atoms with van der Waals surface area (Å²) >= 11 is 8.07. The van der Waals surface area contributed by atoms with Crippen molar-refractivity contribution in [3.63, 3.8) is 0 Å². The van der Waals surface area contributed by atoms with E-state index in [1.165, 1.54) is 22.0 Å². The van der Waals surface area contributed by atoms with E-state index in [1.54, 1.807) is 19.7 Å². The Morgan fingerprint density at radius 1 is 1.22 bits per heavy atom. The molecule has 0 radical (unpaired) electrons. The van der Waals surface area contributed by atoms with Crippen LogP contribution in [-0.2, 0) is 0 Å². The van der Waals surface area contributed by atoms with Crippen LogP contribution in [0.2, 0.25) is 0 Å². The van der Waals surface area contributed by atoms with E-state index in [2.05, 4.69) is 24.3 Å². The third-order valence-electron chi connectivity index (χ3n) is 0.492. The van der Waals surface area contributed by atoms with E-state index in [4.69, 9.17) is 0 Å². The summed E-state index contributed by atoms with van der Waals surface area (Å²) in [7, 11) is 6.83. The molecule has 0 aromatic rings. The molecule has 0 saturated carbocycles. The Kier molecular flexibility index (Phi) is 12.5. The first-order valence-electron chi connectivity index (χ1n) is 2.29. The predicted molar refractivity (Wildman–Crippen MR) is 62.7 cm³/mol. The molecule has 0 aliphatic carbocycles. The first-order chi connectivity index (χ1) is 4.41. The van der Waals surface area contributed by atoms with Crippen molar-refractivity contribution in [3.05, 3.63) is 0 Å². The predicted octanol–water partition coefficient (Wildman–Crippen LogP) is 3.83. The molecule has 0 unspecified atom stereocenters. The molecule has 0 amide bonds. The zero-order valence-electron chi connectivity index (χ0n) is 4.65. The monoisotopic (exact) mass is 236 g/mol. The lowest BCUT2D eigenvalue weighted by atomic mass is 10.6. The largest absolute Gasteiger partial charge is 0.179 e. The molecule has 0 spiro atoms. The van der Waals surface area contributed by atoms with Crippen molar-refractivity contribution < 1.29 is 0 Å². The fraction of sp³-hybridized carbons (Fsp3) is 1.00. The molecule has 0 nitrogen and oxygen atoms in total. The van der Waals surface area contributed by atoms with Gasteiger partial charge in [0.2, 0.25) is 0 Å². The van der Waals surface area contributed by atoms with Crippen LogP contribution in [0.3, 0.4) is 0 Å². The topological polar surface area (TPSA) is 0 Å². The molecule has 0 bridgehead atoms. The van der Waals surface area contributed by atoms with Crippen molar-refractivity contribution in [1.29, 1.82) is 0 Å². The fourth-order valence-electron chi connectivity index (χ4n) is 0.190. The Morgan fingerprint density at radius 2 is 2.00 bits per heavy atom. The van der Waals surface area contributed by atoms with Gasteiger partial charge in [-0.2, -0.15) is 12.6 Å². The van der Waals surface area contributed by atoms with Crippen LogP contribution in [0.5, 0.6) is 0 Å². The van der Waals surface area contributed by atoms with E-state index in [0.29, 0.717) is 0 Å². The smallest absolute Gasteiger partial charge is 0.00531 e. The zero-order chi connectivity index (χ0) is 6.95. The number of hydrogen-bond donors (Lipinski definition) is 2. The van der Waals surface area contributed by atoms with E-state index >= 15 is 0 Å². The minimum atomic E-state index is 0.992. The van der Waals surface area contributed by atoms with Crippen LogP contribution >= 0.6 is 64.6 Å². The van der Waals surface area contributed by atoms with Gasteiger partial charge in [-0.1, -0.05) is 22.5 Å². The van der Waals surface area contributed by atoms with Gasteiger partial charge in [0.1, 0.15) is 0 Å². The van der Waals surface area contributed by atoms with Crippen molar-refractivity contribution in [2.24, 2.45) is 0 Å². The molecule has 0 N–H and O–H groups in total. The van der Waals surface area contributed by atoms with E-state index in [1.807, 2.05) is 10.8 Å². The van der Waals surface area contributed by atoms with Crippen LogP contribution in [-0.4, -0.2) is 11.5 Å². The molecule has 0 aliphatic rings. The van der Waals surface area contributed by atoms with Crippen LogP contribution < -0.4 is 0 Å². The molecule has 6 heteroatoms. The Morgan fingerprint density at radius 3 is 2.56 bits per heavy atom. The fourth-order valence-corrected chi connectivity index (χ4v) is 6.64. The van der Waals surface area contributed by atoms with Crippen molar-refractivity contribution >= 4 is 64.6 Å². The standard InChI is InChI=1S/C3H8S6/c4-2-1-3-6-8-9-7-5/h4-5H,1-3H2. The first kappa shape index (κ1) is 11.1. The molecule has 0 saturated heterocycles. The summed E-state index contributed by atoms with van der Waals surface area (Å²) in [6.07, 6.45) is 1.19. The van der Waals surface area contributed by atoms with Gasteiger partial charge in [-0.25, -0.2) is 0 Å². The highest BCUT2D eigenvalue weighted by molar-refractivity contribution is 9.34. The third-order valence-corrected chi connectivity index (χ3v) is 7.67. The summed E-state index contributed by atoms with van der Waals surface area (Å²) in [5.74, 6) is 2.18. The SMILES string of the molecule is SCCCSSSSS. The zero-order valence-corrected chi connectivity index (χ0v) is 9.70. The van der Waals surface area contributed by atoms with Crippen LogP contribution in [0.1, 0.15) is 6.42 Å². The molecule has 0 aromatic heterocycles. The molecular weight excluding hydrogens is 228 g/mol. The van der Waals surface area contributed by atoms with Gasteiger partial charge < -0.3 is 0 Å². The van der Waals surface area contributed by atoms with E-state index in [0.717, 1.165) is 5.75 Å². The Bertz CT molecular complexity index is 41.6. The summed E-state index contributed by atoms with van der Waals surface area (Å²) in [6.45, 7) is 0. The third kappa shape index (κ3) is 10.1. The molecule has 9 heavy (non-hydrogen) atoms. The summed E-state index contributed by atoms with van der Waals surface area (Å²) in [5.41, 5.74) is 0. The summed E-state index contributed by atoms with van der Waals surface area (Å²) in [4.78, 5) is 0. The van der Waals surface area contributed by atoms with Crippen LogP contribution in [0.15, 0.2) is 0 Å². The lowest BCUT2D eigenvalue weighted by Crippen LogP contribution is -1.74. The summed E-state index contributed by atoms with van der Waals surface area (Å²) in [6, 6.07) is 0. The Labute approximate surface area is 81.9 Å². The van der Waals surface area contributed by atoms with Crippen LogP contribution in [0.25, 0.3) is 0 Å². The molecule has 0 atom stereocenters. The molecule has 0 rings (SSSR count). The maximum absolute atomic E-state index is 4.10. The highest BCUT2D eigenvalue weighted by Crippen LogP contribution is 2.44. The van der Waals surface area contributed by atoms with Crippen molar-refractivity contribution in [2.45, 2.75) is 6.42 Å². The van der Waals surface area contributed by atoms with Gasteiger partial charge in [-0.05, 0) is 41.7 Å². The summed E-state index contributed by atoms with van der Waals surface area (Å²) < 4.78 is 0. The Balaban J connectivity index is 2.60. The van der Waals surface area contributed by atoms with Gasteiger partial charge >= 0.3 is 0 Å². The van der Waals surface area contributed by atoms with Gasteiger partial charge in [0.05, 0.1) is 0 Å². The molecule has 56 valence electrons. The molecule has 0 heterocycles. The molecule has 0 fully saturated rings. The highest BCUT2D eigenvalue weighted by atomic mass is 33.8. The van der Waals surface area contributed by atoms with E-state index < -0.39 is 0 Å². The second-order valence-corrected chi connectivity index (χ2v) is 8.38. The number of hydrogen-bond acceptors (Lipinski definition) is 6. The van der Waals surface area contributed by atoms with Crippen molar-refractivity contribution in [2.75, 3.05) is 11.5 Å². The second-order valence-electron chi connectivity index (χ2n) is 1.11. The van der Waals surface area contributed by atoms with Gasteiger partial charge in [0, 0.05) is 5.75 Å². The van der Waals surface area contributed by atoms with E-state index in [9.17, 15) is 0 Å². The summed E-state index contributed by atoms with van der Waals surface area (Å²) in [5, 5.41) is 0. The van der Waals surface area contributed by atoms with Gasteiger partial charge in [0.15, 0.2) is 0 Å². The average Bonchev–Trinajstić information content (AvgIpc) is 1.89. The first-order valence-corrected chi connectivity index (χ1v) is 8.96. The van der Waals surface area contributed by atoms with Gasteiger partial charge in [0.25, 0.3) is 0 Å². The second kappa shape index (κ2) is 10.1. The van der Waals surface area contributed by atoms with Gasteiger partial charge in [-0.15, -0.1) is 0 Å². The maximum atomic E-state index is 4.10. The molecular formula is C3H8S6. The molecule has 0 aliphatic heterocycles. The lowest BCUT2D eigenvalue weighted by Gasteiger charge is -1.93. The lowest BCUT2D eigenvalue weighted by molar-refractivity contribution is 1.14. The van der Waals surface area contributed by atoms with Crippen molar-refractivity contribution in [1.82, 2.24) is 0 Å². The quantitative estimate of drug-likeness (QED) is 0.408.